The molecular weight excluding hydrogens is 190 g/mol. The molecule has 76 valence electrons. The van der Waals surface area contributed by atoms with Gasteiger partial charge in [-0.05, 0) is 13.8 Å². The summed E-state index contributed by atoms with van der Waals surface area (Å²) < 4.78 is 9.72. The van der Waals surface area contributed by atoms with Crippen molar-refractivity contribution in [3.05, 3.63) is 0 Å². The van der Waals surface area contributed by atoms with Crippen molar-refractivity contribution < 1.29 is 18.4 Å². The normalized spacial score (nSPS) is 11.2. The van der Waals surface area contributed by atoms with Gasteiger partial charge < -0.3 is 14.6 Å². The number of carbonyl (C=O) groups excluding carboxylic acids is 2. The minimum atomic E-state index is -2.46. The van der Waals surface area contributed by atoms with Gasteiger partial charge in [0, 0.05) is 13.8 Å². The van der Waals surface area contributed by atoms with Crippen LogP contribution in [0.1, 0.15) is 27.7 Å². The van der Waals surface area contributed by atoms with Gasteiger partial charge in [0.15, 0.2) is 0 Å². The van der Waals surface area contributed by atoms with Gasteiger partial charge in [-0.2, -0.15) is 0 Å². The molecular formula is C7H15NO4Si. The smallest absolute Gasteiger partial charge is 0.468 e. The van der Waals surface area contributed by atoms with Gasteiger partial charge in [-0.15, -0.1) is 0 Å². The molecule has 0 aliphatic heterocycles. The van der Waals surface area contributed by atoms with E-state index >= 15 is 0 Å². The van der Waals surface area contributed by atoms with Crippen molar-refractivity contribution in [3.8, 4) is 0 Å². The molecule has 0 aliphatic carbocycles. The Kier molecular flexibility index (Phi) is 4.08. The predicted octanol–water partition coefficient (Wildman–Crippen LogP) is -0.390. The Bertz CT molecular complexity index is 195. The first-order valence-corrected chi connectivity index (χ1v) is 5.39. The zero-order valence-corrected chi connectivity index (χ0v) is 9.44. The van der Waals surface area contributed by atoms with Crippen LogP contribution in [0.4, 0.5) is 0 Å². The van der Waals surface area contributed by atoms with E-state index < -0.39 is 26.4 Å². The Labute approximate surface area is 79.0 Å². The lowest BCUT2D eigenvalue weighted by molar-refractivity contribution is -0.138. The van der Waals surface area contributed by atoms with Gasteiger partial charge >= 0.3 is 9.28 Å². The van der Waals surface area contributed by atoms with Crippen LogP contribution in [0.5, 0.6) is 0 Å². The first-order chi connectivity index (χ1) is 5.73. The van der Waals surface area contributed by atoms with E-state index in [2.05, 4.69) is 0 Å². The fourth-order valence-corrected chi connectivity index (χ4v) is 1.89. The fourth-order valence-electron chi connectivity index (χ4n) is 0.629. The van der Waals surface area contributed by atoms with Crippen molar-refractivity contribution in [2.24, 2.45) is 5.73 Å². The number of hydrogen-bond donors (Lipinski definition) is 1. The molecule has 0 aromatic carbocycles. The van der Waals surface area contributed by atoms with Gasteiger partial charge in [0.25, 0.3) is 11.9 Å². The van der Waals surface area contributed by atoms with Crippen molar-refractivity contribution in [2.75, 3.05) is 0 Å². The summed E-state index contributed by atoms with van der Waals surface area (Å²) in [4.78, 5) is 21.3. The van der Waals surface area contributed by atoms with Gasteiger partial charge in [0.2, 0.25) is 0 Å². The van der Waals surface area contributed by atoms with Crippen LogP contribution in [0.2, 0.25) is 0 Å². The molecule has 0 spiro atoms. The van der Waals surface area contributed by atoms with E-state index in [1.165, 1.54) is 13.8 Å². The molecule has 0 saturated carbocycles. The molecule has 0 aromatic rings. The molecule has 5 nitrogen and oxygen atoms in total. The third-order valence-corrected chi connectivity index (χ3v) is 3.46. The molecule has 0 aliphatic rings. The zero-order valence-electron chi connectivity index (χ0n) is 8.29. The highest BCUT2D eigenvalue weighted by Gasteiger charge is 2.35. The second kappa shape index (κ2) is 4.38. The maximum Gasteiger partial charge on any atom is 0.468 e. The number of rotatable bonds is 3. The minimum Gasteiger partial charge on any atom is -0.486 e. The standard InChI is InChI=1S/C7H15NO4Si/c1-5(9)11-13(7(3,4)8)12-6(2)10/h13H,8H2,1-4H3. The number of carbonyl (C=O) groups is 2. The lowest BCUT2D eigenvalue weighted by Crippen LogP contribution is -2.53. The van der Waals surface area contributed by atoms with Gasteiger partial charge in [-0.25, -0.2) is 0 Å². The van der Waals surface area contributed by atoms with Crippen LogP contribution in [0.15, 0.2) is 0 Å². The van der Waals surface area contributed by atoms with Crippen molar-refractivity contribution in [1.82, 2.24) is 0 Å². The van der Waals surface area contributed by atoms with Crippen molar-refractivity contribution in [3.63, 3.8) is 0 Å². The Morgan fingerprint density at radius 1 is 1.15 bits per heavy atom. The van der Waals surface area contributed by atoms with E-state index in [1.807, 2.05) is 0 Å². The predicted molar refractivity (Wildman–Crippen MR) is 48.9 cm³/mol. The van der Waals surface area contributed by atoms with Crippen LogP contribution < -0.4 is 5.73 Å². The van der Waals surface area contributed by atoms with E-state index in [0.29, 0.717) is 0 Å². The first kappa shape index (κ1) is 12.1. The second-order valence-corrected chi connectivity index (χ2v) is 6.00. The molecule has 0 rings (SSSR count). The van der Waals surface area contributed by atoms with Crippen LogP contribution in [0.25, 0.3) is 0 Å². The molecule has 6 heteroatoms. The molecule has 0 aromatic heterocycles. The zero-order chi connectivity index (χ0) is 10.6. The molecule has 0 radical (unpaired) electrons. The van der Waals surface area contributed by atoms with Crippen molar-refractivity contribution in [1.29, 1.82) is 0 Å². The SMILES string of the molecule is CC(=O)O[SiH](OC(C)=O)C(C)(C)N. The summed E-state index contributed by atoms with van der Waals surface area (Å²) in [6, 6.07) is 0. The Hall–Kier alpha value is -0.883. The third kappa shape index (κ3) is 5.37. The lowest BCUT2D eigenvalue weighted by Gasteiger charge is -2.25. The highest BCUT2D eigenvalue weighted by atomic mass is 28.3. The summed E-state index contributed by atoms with van der Waals surface area (Å²) >= 11 is 0. The minimum absolute atomic E-state index is 0.476. The number of nitrogens with two attached hydrogens (primary N) is 1. The summed E-state index contributed by atoms with van der Waals surface area (Å²) in [6.45, 7) is 5.84. The molecule has 0 unspecified atom stereocenters. The second-order valence-electron chi connectivity index (χ2n) is 3.37. The summed E-state index contributed by atoms with van der Waals surface area (Å²) in [5.41, 5.74) is 5.68. The van der Waals surface area contributed by atoms with Crippen LogP contribution in [-0.4, -0.2) is 26.4 Å². The number of hydrogen-bond acceptors (Lipinski definition) is 5. The summed E-state index contributed by atoms with van der Waals surface area (Å²) in [5.74, 6) is -0.951. The third-order valence-electron chi connectivity index (χ3n) is 1.15. The highest BCUT2D eigenvalue weighted by molar-refractivity contribution is 6.52. The molecule has 2 N–H and O–H groups in total. The molecule has 0 bridgehead atoms. The molecule has 13 heavy (non-hydrogen) atoms. The largest absolute Gasteiger partial charge is 0.486 e. The van der Waals surface area contributed by atoms with Gasteiger partial charge in [0.1, 0.15) is 0 Å². The summed E-state index contributed by atoms with van der Waals surface area (Å²) in [6.07, 6.45) is 0. The summed E-state index contributed by atoms with van der Waals surface area (Å²) in [5, 5.41) is -0.767. The topological polar surface area (TPSA) is 78.6 Å². The first-order valence-electron chi connectivity index (χ1n) is 3.87. The van der Waals surface area contributed by atoms with Gasteiger partial charge in [-0.3, -0.25) is 9.59 Å². The lowest BCUT2D eigenvalue weighted by atomic mass is 10.4. The average molecular weight is 205 g/mol. The molecule has 0 heterocycles. The van der Waals surface area contributed by atoms with Gasteiger partial charge in [-0.1, -0.05) is 0 Å². The van der Waals surface area contributed by atoms with Crippen LogP contribution in [0, 0.1) is 0 Å². The van der Waals surface area contributed by atoms with Crippen molar-refractivity contribution >= 4 is 21.2 Å². The molecule has 0 saturated heterocycles. The van der Waals surface area contributed by atoms with E-state index in [1.54, 1.807) is 13.8 Å². The van der Waals surface area contributed by atoms with E-state index in [-0.39, 0.29) is 0 Å². The van der Waals surface area contributed by atoms with Crippen molar-refractivity contribution in [2.45, 2.75) is 32.9 Å². The monoisotopic (exact) mass is 205 g/mol. The van der Waals surface area contributed by atoms with E-state index in [0.717, 1.165) is 0 Å². The molecule has 0 atom stereocenters. The van der Waals surface area contributed by atoms with Crippen LogP contribution in [0.3, 0.4) is 0 Å². The Morgan fingerprint density at radius 3 is 1.62 bits per heavy atom. The Morgan fingerprint density at radius 2 is 1.46 bits per heavy atom. The maximum absolute atomic E-state index is 10.6. The van der Waals surface area contributed by atoms with Gasteiger partial charge in [0.05, 0.1) is 5.16 Å². The Balaban J connectivity index is 4.37. The van der Waals surface area contributed by atoms with Crippen LogP contribution in [-0.2, 0) is 18.4 Å². The van der Waals surface area contributed by atoms with E-state index in [9.17, 15) is 9.59 Å². The fraction of sp³-hybridized carbons (Fsp3) is 0.714. The van der Waals surface area contributed by atoms with E-state index in [4.69, 9.17) is 14.6 Å². The average Bonchev–Trinajstić information content (AvgIpc) is 1.81. The maximum atomic E-state index is 10.6. The molecule has 0 amide bonds. The summed E-state index contributed by atoms with van der Waals surface area (Å²) in [7, 11) is -2.46. The highest BCUT2D eigenvalue weighted by Crippen LogP contribution is 2.07. The molecule has 0 fully saturated rings. The van der Waals surface area contributed by atoms with Crippen LogP contribution >= 0.6 is 0 Å². The quantitative estimate of drug-likeness (QED) is 0.635.